The number of aliphatic carboxylic acids is 1. The van der Waals surface area contributed by atoms with E-state index in [2.05, 4.69) is 0 Å². The number of aliphatic hydroxyl groups excluding tert-OH is 2. The molecule has 0 aromatic carbocycles. The summed E-state index contributed by atoms with van der Waals surface area (Å²) in [7, 11) is 0. The molecule has 0 fully saturated rings. The normalized spacial score (nSPS) is 15.6. The van der Waals surface area contributed by atoms with Crippen molar-refractivity contribution in [3.63, 3.8) is 0 Å². The van der Waals surface area contributed by atoms with Gasteiger partial charge in [-0.2, -0.15) is 0 Å². The van der Waals surface area contributed by atoms with Gasteiger partial charge in [0.1, 0.15) is 0 Å². The lowest BCUT2D eigenvalue weighted by Crippen LogP contribution is -2.22. The Hall–Kier alpha value is -2.17. The zero-order valence-electron chi connectivity index (χ0n) is 14.9. The summed E-state index contributed by atoms with van der Waals surface area (Å²) in [4.78, 5) is 10.3. The van der Waals surface area contributed by atoms with Crippen LogP contribution in [0.2, 0.25) is 0 Å². The average molecular weight is 346 g/mol. The maximum absolute atomic E-state index is 10.3. The summed E-state index contributed by atoms with van der Waals surface area (Å²) in [5.74, 6) is -0.778. The zero-order valence-corrected chi connectivity index (χ0v) is 14.9. The zero-order chi connectivity index (χ0) is 18.8. The van der Waals surface area contributed by atoms with Crippen molar-refractivity contribution in [3.05, 3.63) is 72.9 Å². The van der Waals surface area contributed by atoms with Gasteiger partial charge in [0.2, 0.25) is 0 Å². The van der Waals surface area contributed by atoms with Gasteiger partial charge in [0.05, 0.1) is 12.2 Å². The van der Waals surface area contributed by atoms with E-state index in [1.54, 1.807) is 18.2 Å². The van der Waals surface area contributed by atoms with Crippen LogP contribution >= 0.6 is 0 Å². The van der Waals surface area contributed by atoms with E-state index in [1.807, 2.05) is 61.6 Å². The Labute approximate surface area is 150 Å². The lowest BCUT2D eigenvalue weighted by molar-refractivity contribution is -0.136. The van der Waals surface area contributed by atoms with Gasteiger partial charge < -0.3 is 15.3 Å². The molecule has 0 aromatic heterocycles. The Morgan fingerprint density at radius 2 is 1.56 bits per heavy atom. The molecule has 0 rings (SSSR count). The Kier molecular flexibility index (Phi) is 15.2. The second-order valence-electron chi connectivity index (χ2n) is 5.40. The lowest BCUT2D eigenvalue weighted by atomic mass is 10.1. The second kappa shape index (κ2) is 16.7. The monoisotopic (exact) mass is 346 g/mol. The van der Waals surface area contributed by atoms with Crippen LogP contribution in [0, 0.1) is 0 Å². The Morgan fingerprint density at radius 1 is 0.880 bits per heavy atom. The summed E-state index contributed by atoms with van der Waals surface area (Å²) in [5, 5.41) is 27.9. The largest absolute Gasteiger partial charge is 0.481 e. The molecule has 138 valence electrons. The summed E-state index contributed by atoms with van der Waals surface area (Å²) in [5.41, 5.74) is 0. The molecule has 2 atom stereocenters. The highest BCUT2D eigenvalue weighted by Crippen LogP contribution is 2.02. The van der Waals surface area contributed by atoms with E-state index < -0.39 is 18.2 Å². The van der Waals surface area contributed by atoms with Crippen LogP contribution in [0.3, 0.4) is 0 Å². The van der Waals surface area contributed by atoms with Crippen molar-refractivity contribution >= 4 is 5.97 Å². The van der Waals surface area contributed by atoms with Crippen LogP contribution in [0.1, 0.15) is 39.0 Å². The maximum Gasteiger partial charge on any atom is 0.303 e. The Balaban J connectivity index is 3.91. The number of hydrogen-bond donors (Lipinski definition) is 3. The van der Waals surface area contributed by atoms with Gasteiger partial charge in [-0.15, -0.1) is 0 Å². The molecule has 0 bridgehead atoms. The van der Waals surface area contributed by atoms with Crippen LogP contribution in [0.15, 0.2) is 72.9 Å². The predicted molar refractivity (Wildman–Crippen MR) is 103 cm³/mol. The highest BCUT2D eigenvalue weighted by atomic mass is 16.4. The van der Waals surface area contributed by atoms with E-state index in [4.69, 9.17) is 5.11 Å². The van der Waals surface area contributed by atoms with Crippen molar-refractivity contribution in [3.8, 4) is 0 Å². The van der Waals surface area contributed by atoms with Crippen molar-refractivity contribution in [1.82, 2.24) is 0 Å². The quantitative estimate of drug-likeness (QED) is 0.346. The SMILES string of the molecule is CC/C=C\C[C@@H](O)C(O)/C=C/C=C/C=C\C=C/C/C=C\CCC(=O)O. The van der Waals surface area contributed by atoms with Gasteiger partial charge in [-0.3, -0.25) is 4.79 Å². The minimum absolute atomic E-state index is 0.166. The Bertz CT molecular complexity index is 510. The number of carboxylic acid groups (broad SMARTS) is 1. The van der Waals surface area contributed by atoms with Gasteiger partial charge in [0, 0.05) is 6.42 Å². The van der Waals surface area contributed by atoms with E-state index in [0.717, 1.165) is 12.8 Å². The van der Waals surface area contributed by atoms with E-state index in [0.29, 0.717) is 12.8 Å². The molecule has 4 heteroatoms. The topological polar surface area (TPSA) is 77.8 Å². The molecule has 0 saturated heterocycles. The van der Waals surface area contributed by atoms with Crippen LogP contribution in [0.5, 0.6) is 0 Å². The number of rotatable bonds is 13. The molecule has 0 aliphatic carbocycles. The Morgan fingerprint density at radius 3 is 2.24 bits per heavy atom. The third kappa shape index (κ3) is 16.5. The van der Waals surface area contributed by atoms with Crippen molar-refractivity contribution in [2.75, 3.05) is 0 Å². The third-order valence-corrected chi connectivity index (χ3v) is 3.14. The molecule has 0 aromatic rings. The first-order valence-corrected chi connectivity index (χ1v) is 8.62. The van der Waals surface area contributed by atoms with Crippen LogP contribution in [-0.2, 0) is 4.79 Å². The average Bonchev–Trinajstić information content (AvgIpc) is 2.58. The number of hydrogen-bond acceptors (Lipinski definition) is 3. The first-order valence-electron chi connectivity index (χ1n) is 8.62. The number of carboxylic acids is 1. The molecule has 0 radical (unpaired) electrons. The molecule has 0 spiro atoms. The molecule has 0 saturated carbocycles. The van der Waals surface area contributed by atoms with E-state index >= 15 is 0 Å². The molecular formula is C21H30O4. The van der Waals surface area contributed by atoms with Crippen molar-refractivity contribution in [2.24, 2.45) is 0 Å². The molecule has 0 amide bonds. The summed E-state index contributed by atoms with van der Waals surface area (Å²) in [6, 6.07) is 0. The molecule has 1 unspecified atom stereocenters. The predicted octanol–water partition coefficient (Wildman–Crippen LogP) is 4.10. The first kappa shape index (κ1) is 22.8. The minimum atomic E-state index is -0.872. The third-order valence-electron chi connectivity index (χ3n) is 3.14. The number of allylic oxidation sites excluding steroid dienone is 10. The summed E-state index contributed by atoms with van der Waals surface area (Å²) in [6.45, 7) is 2.02. The molecular weight excluding hydrogens is 316 g/mol. The van der Waals surface area contributed by atoms with E-state index in [-0.39, 0.29) is 6.42 Å². The fraction of sp³-hybridized carbons (Fsp3) is 0.381. The molecule has 0 heterocycles. The van der Waals surface area contributed by atoms with Gasteiger partial charge in [-0.1, -0.05) is 79.8 Å². The fourth-order valence-corrected chi connectivity index (χ4v) is 1.76. The van der Waals surface area contributed by atoms with Crippen molar-refractivity contribution < 1.29 is 20.1 Å². The van der Waals surface area contributed by atoms with Gasteiger partial charge in [-0.25, -0.2) is 0 Å². The number of carbonyl (C=O) groups is 1. The van der Waals surface area contributed by atoms with Crippen LogP contribution < -0.4 is 0 Å². The standard InChI is InChI=1S/C21H30O4/c1-2-3-13-16-19(22)20(23)17-14-11-9-7-5-4-6-8-10-12-15-18-21(24)25/h3-7,9-14,17,19-20,22-23H,2,8,15-16,18H2,1H3,(H,24,25)/b6-4-,7-5-,11-9+,12-10-,13-3-,17-14+/t19-,20?/m1/s1. The summed E-state index contributed by atoms with van der Waals surface area (Å²) < 4.78 is 0. The first-order chi connectivity index (χ1) is 12.1. The fourth-order valence-electron chi connectivity index (χ4n) is 1.76. The van der Waals surface area contributed by atoms with Crippen molar-refractivity contribution in [2.45, 2.75) is 51.2 Å². The number of aliphatic hydroxyl groups is 2. The molecule has 0 aliphatic heterocycles. The highest BCUT2D eigenvalue weighted by molar-refractivity contribution is 5.66. The van der Waals surface area contributed by atoms with Crippen LogP contribution in [0.25, 0.3) is 0 Å². The maximum atomic E-state index is 10.3. The van der Waals surface area contributed by atoms with Crippen LogP contribution in [-0.4, -0.2) is 33.5 Å². The highest BCUT2D eigenvalue weighted by Gasteiger charge is 2.10. The molecule has 4 nitrogen and oxygen atoms in total. The second-order valence-corrected chi connectivity index (χ2v) is 5.40. The molecule has 3 N–H and O–H groups in total. The van der Waals surface area contributed by atoms with Crippen LogP contribution in [0.4, 0.5) is 0 Å². The summed E-state index contributed by atoms with van der Waals surface area (Å²) >= 11 is 0. The lowest BCUT2D eigenvalue weighted by Gasteiger charge is -2.11. The summed E-state index contributed by atoms with van der Waals surface area (Å²) in [6.07, 6.45) is 23.4. The molecule has 0 aliphatic rings. The van der Waals surface area contributed by atoms with Crippen molar-refractivity contribution in [1.29, 1.82) is 0 Å². The van der Waals surface area contributed by atoms with E-state index in [9.17, 15) is 15.0 Å². The van der Waals surface area contributed by atoms with Gasteiger partial charge in [-0.05, 0) is 25.7 Å². The van der Waals surface area contributed by atoms with E-state index in [1.165, 1.54) is 0 Å². The smallest absolute Gasteiger partial charge is 0.303 e. The van der Waals surface area contributed by atoms with Gasteiger partial charge >= 0.3 is 5.97 Å². The molecule has 25 heavy (non-hydrogen) atoms. The van der Waals surface area contributed by atoms with Gasteiger partial charge in [0.15, 0.2) is 0 Å². The van der Waals surface area contributed by atoms with Gasteiger partial charge in [0.25, 0.3) is 0 Å². The minimum Gasteiger partial charge on any atom is -0.481 e.